The number of hydrogen-bond acceptors (Lipinski definition) is 4. The first-order chi connectivity index (χ1) is 14.4. The van der Waals surface area contributed by atoms with Gasteiger partial charge in [-0.25, -0.2) is 4.68 Å². The van der Waals surface area contributed by atoms with E-state index in [-0.39, 0.29) is 18.3 Å². The number of anilines is 2. The molecule has 5 N–H and O–H groups in total. The van der Waals surface area contributed by atoms with Crippen LogP contribution in [0.5, 0.6) is 0 Å². The number of nitrogen functional groups attached to an aromatic ring is 1. The number of aromatic nitrogens is 2. The van der Waals surface area contributed by atoms with Crippen LogP contribution in [0.15, 0.2) is 48.5 Å². The van der Waals surface area contributed by atoms with Crippen molar-refractivity contribution >= 4 is 23.1 Å². The number of nitrogens with one attached hydrogen (secondary N) is 3. The van der Waals surface area contributed by atoms with Gasteiger partial charge in [0.1, 0.15) is 5.84 Å². The monoisotopic (exact) mass is 404 g/mol. The molecule has 1 aromatic heterocycles. The van der Waals surface area contributed by atoms with Crippen LogP contribution in [-0.2, 0) is 17.6 Å². The molecule has 7 heteroatoms. The van der Waals surface area contributed by atoms with Crippen LogP contribution in [0.3, 0.4) is 0 Å². The van der Waals surface area contributed by atoms with E-state index in [1.165, 1.54) is 5.69 Å². The van der Waals surface area contributed by atoms with E-state index in [0.29, 0.717) is 5.56 Å². The first-order valence-corrected chi connectivity index (χ1v) is 10.1. The maximum absolute atomic E-state index is 12.3. The topological polar surface area (TPSA) is 109 Å². The van der Waals surface area contributed by atoms with E-state index in [1.807, 2.05) is 29.8 Å². The van der Waals surface area contributed by atoms with Crippen molar-refractivity contribution in [3.8, 4) is 5.69 Å². The van der Waals surface area contributed by atoms with E-state index in [4.69, 9.17) is 16.2 Å². The maximum Gasteiger partial charge on any atom is 0.243 e. The van der Waals surface area contributed by atoms with Gasteiger partial charge < -0.3 is 16.4 Å². The predicted octanol–water partition coefficient (Wildman–Crippen LogP) is 3.64. The van der Waals surface area contributed by atoms with Gasteiger partial charge in [-0.05, 0) is 73.9 Å². The minimum absolute atomic E-state index is 0.0187. The SMILES string of the molecule is CCc1cc(CC)n(-c2ccc(NC(=O)CNc3ccc(C(=N)N)cc3)cc2C)n1. The summed E-state index contributed by atoms with van der Waals surface area (Å²) in [7, 11) is 0. The van der Waals surface area contributed by atoms with Crippen molar-refractivity contribution in [2.45, 2.75) is 33.6 Å². The number of nitrogens with zero attached hydrogens (tertiary/aromatic N) is 2. The molecule has 156 valence electrons. The van der Waals surface area contributed by atoms with Gasteiger partial charge in [0.25, 0.3) is 0 Å². The number of nitrogens with two attached hydrogens (primary N) is 1. The van der Waals surface area contributed by atoms with Crippen molar-refractivity contribution in [1.29, 1.82) is 5.41 Å². The van der Waals surface area contributed by atoms with Gasteiger partial charge >= 0.3 is 0 Å². The highest BCUT2D eigenvalue weighted by Gasteiger charge is 2.11. The molecule has 0 saturated carbocycles. The van der Waals surface area contributed by atoms with Gasteiger partial charge in [0.15, 0.2) is 0 Å². The quantitative estimate of drug-likeness (QED) is 0.339. The molecule has 0 bridgehead atoms. The summed E-state index contributed by atoms with van der Waals surface area (Å²) in [5, 5.41) is 18.1. The Labute approximate surface area is 176 Å². The summed E-state index contributed by atoms with van der Waals surface area (Å²) in [5.74, 6) is -0.121. The normalized spacial score (nSPS) is 10.6. The number of amides is 1. The van der Waals surface area contributed by atoms with Crippen LogP contribution in [0.25, 0.3) is 5.69 Å². The molecule has 2 aromatic carbocycles. The van der Waals surface area contributed by atoms with Crippen LogP contribution >= 0.6 is 0 Å². The number of benzene rings is 2. The Hall–Kier alpha value is -3.61. The second-order valence-electron chi connectivity index (χ2n) is 7.14. The minimum Gasteiger partial charge on any atom is -0.384 e. The molecule has 0 spiro atoms. The smallest absolute Gasteiger partial charge is 0.243 e. The largest absolute Gasteiger partial charge is 0.384 e. The second-order valence-corrected chi connectivity index (χ2v) is 7.14. The van der Waals surface area contributed by atoms with Gasteiger partial charge in [0, 0.05) is 22.6 Å². The van der Waals surface area contributed by atoms with Crippen molar-refractivity contribution < 1.29 is 4.79 Å². The summed E-state index contributed by atoms with van der Waals surface area (Å²) in [5.41, 5.74) is 11.9. The molecule has 1 heterocycles. The Morgan fingerprint density at radius 2 is 1.77 bits per heavy atom. The minimum atomic E-state index is -0.139. The zero-order chi connectivity index (χ0) is 21.7. The summed E-state index contributed by atoms with van der Waals surface area (Å²) in [6.07, 6.45) is 1.81. The Morgan fingerprint density at radius 3 is 2.37 bits per heavy atom. The summed E-state index contributed by atoms with van der Waals surface area (Å²) < 4.78 is 1.99. The van der Waals surface area contributed by atoms with Gasteiger partial charge in [-0.15, -0.1) is 0 Å². The van der Waals surface area contributed by atoms with Crippen molar-refractivity contribution in [1.82, 2.24) is 9.78 Å². The molecule has 0 fully saturated rings. The van der Waals surface area contributed by atoms with E-state index < -0.39 is 0 Å². The van der Waals surface area contributed by atoms with E-state index in [0.717, 1.165) is 41.2 Å². The number of carbonyl (C=O) groups excluding carboxylic acids is 1. The fourth-order valence-electron chi connectivity index (χ4n) is 3.23. The molecule has 1 amide bonds. The fraction of sp³-hybridized carbons (Fsp3) is 0.261. The molecule has 7 nitrogen and oxygen atoms in total. The van der Waals surface area contributed by atoms with Crippen LogP contribution in [0.2, 0.25) is 0 Å². The molecule has 0 aliphatic carbocycles. The number of aryl methyl sites for hydroxylation is 3. The van der Waals surface area contributed by atoms with Gasteiger partial charge in [-0.2, -0.15) is 5.10 Å². The third-order valence-corrected chi connectivity index (χ3v) is 4.92. The molecule has 0 aliphatic heterocycles. The lowest BCUT2D eigenvalue weighted by Gasteiger charge is -2.13. The highest BCUT2D eigenvalue weighted by atomic mass is 16.1. The van der Waals surface area contributed by atoms with Gasteiger partial charge in [-0.3, -0.25) is 10.2 Å². The first-order valence-electron chi connectivity index (χ1n) is 10.1. The van der Waals surface area contributed by atoms with E-state index >= 15 is 0 Å². The number of hydrogen-bond donors (Lipinski definition) is 4. The summed E-state index contributed by atoms with van der Waals surface area (Å²) in [4.78, 5) is 12.3. The third kappa shape index (κ3) is 4.86. The Bertz CT molecular complexity index is 1050. The molecule has 0 unspecified atom stereocenters. The number of amidine groups is 1. The molecule has 0 atom stereocenters. The summed E-state index contributed by atoms with van der Waals surface area (Å²) in [6.45, 7) is 6.38. The molecule has 3 aromatic rings. The van der Waals surface area contributed by atoms with Gasteiger partial charge in [0.05, 0.1) is 17.9 Å². The highest BCUT2D eigenvalue weighted by molar-refractivity contribution is 5.96. The van der Waals surface area contributed by atoms with E-state index in [9.17, 15) is 4.79 Å². The zero-order valence-corrected chi connectivity index (χ0v) is 17.6. The fourth-order valence-corrected chi connectivity index (χ4v) is 3.23. The number of rotatable bonds is 8. The van der Waals surface area contributed by atoms with E-state index in [2.05, 4.69) is 30.5 Å². The molecular weight excluding hydrogens is 376 g/mol. The number of carbonyl (C=O) groups is 1. The maximum atomic E-state index is 12.3. The van der Waals surface area contributed by atoms with E-state index in [1.54, 1.807) is 24.3 Å². The Kier molecular flexibility index (Phi) is 6.51. The molecule has 0 radical (unpaired) electrons. The predicted molar refractivity (Wildman–Crippen MR) is 122 cm³/mol. The second kappa shape index (κ2) is 9.26. The molecule has 0 aliphatic rings. The van der Waals surface area contributed by atoms with Crippen LogP contribution < -0.4 is 16.4 Å². The Morgan fingerprint density at radius 1 is 1.07 bits per heavy atom. The van der Waals surface area contributed by atoms with Crippen molar-refractivity contribution in [2.24, 2.45) is 5.73 Å². The third-order valence-electron chi connectivity index (χ3n) is 4.92. The highest BCUT2D eigenvalue weighted by Crippen LogP contribution is 2.21. The molecule has 0 saturated heterocycles. The standard InChI is InChI=1S/C23H28N6O/c1-4-17-13-20(5-2)29(28-17)21-11-10-19(12-15(21)3)27-22(30)14-26-18-8-6-16(7-9-18)23(24)25/h6-13,26H,4-5,14H2,1-3H3,(H3,24,25)(H,27,30). The van der Waals surface area contributed by atoms with Gasteiger partial charge in [-0.1, -0.05) is 13.8 Å². The lowest BCUT2D eigenvalue weighted by atomic mass is 10.1. The summed E-state index contributed by atoms with van der Waals surface area (Å²) >= 11 is 0. The van der Waals surface area contributed by atoms with Crippen LogP contribution in [0, 0.1) is 12.3 Å². The average Bonchev–Trinajstić information content (AvgIpc) is 3.16. The van der Waals surface area contributed by atoms with Crippen LogP contribution in [0.1, 0.15) is 36.4 Å². The van der Waals surface area contributed by atoms with Crippen LogP contribution in [-0.4, -0.2) is 28.1 Å². The van der Waals surface area contributed by atoms with Crippen molar-refractivity contribution in [2.75, 3.05) is 17.2 Å². The average molecular weight is 405 g/mol. The molecule has 30 heavy (non-hydrogen) atoms. The first kappa shape index (κ1) is 21.1. The van der Waals surface area contributed by atoms with Crippen molar-refractivity contribution in [3.63, 3.8) is 0 Å². The molecule has 3 rings (SSSR count). The molecular formula is C23H28N6O. The zero-order valence-electron chi connectivity index (χ0n) is 17.6. The Balaban J connectivity index is 1.64. The lowest BCUT2D eigenvalue weighted by molar-refractivity contribution is -0.114. The van der Waals surface area contributed by atoms with Crippen molar-refractivity contribution in [3.05, 3.63) is 71.0 Å². The van der Waals surface area contributed by atoms with Crippen LogP contribution in [0.4, 0.5) is 11.4 Å². The van der Waals surface area contributed by atoms with Gasteiger partial charge in [0.2, 0.25) is 5.91 Å². The summed E-state index contributed by atoms with van der Waals surface area (Å²) in [6, 6.07) is 15.1. The lowest BCUT2D eigenvalue weighted by Crippen LogP contribution is -2.22.